The lowest BCUT2D eigenvalue weighted by molar-refractivity contribution is 0.0692. The van der Waals surface area contributed by atoms with Crippen LogP contribution in [-0.2, 0) is 0 Å². The summed E-state index contributed by atoms with van der Waals surface area (Å²) in [4.78, 5) is 15.2. The number of benzene rings is 1. The first-order chi connectivity index (χ1) is 9.69. The normalized spacial score (nSPS) is 12.2. The molecule has 2 heterocycles. The monoisotopic (exact) mass is 273 g/mol. The number of fused-ring (bicyclic) bond motifs is 1. The second-order valence-electron chi connectivity index (χ2n) is 4.15. The van der Waals surface area contributed by atoms with Crippen LogP contribution in [0.15, 0.2) is 30.5 Å². The van der Waals surface area contributed by atoms with E-state index in [1.807, 2.05) is 6.07 Å². The molecule has 1 aliphatic heterocycles. The van der Waals surface area contributed by atoms with Crippen molar-refractivity contribution in [1.82, 2.24) is 4.98 Å². The molecule has 6 nitrogen and oxygen atoms in total. The standard InChI is InChI=1S/C14H11NO5/c1-18-13-10(14(16)17)4-9(6-15-13)8-2-3-11-12(5-8)20-7-19-11/h2-6H,7H2,1H3,(H,16,17). The molecule has 1 N–H and O–H groups in total. The molecule has 0 bridgehead atoms. The van der Waals surface area contributed by atoms with E-state index in [0.717, 1.165) is 5.56 Å². The summed E-state index contributed by atoms with van der Waals surface area (Å²) in [6, 6.07) is 6.91. The van der Waals surface area contributed by atoms with E-state index < -0.39 is 5.97 Å². The number of carboxylic acids is 1. The van der Waals surface area contributed by atoms with Crippen molar-refractivity contribution in [1.29, 1.82) is 0 Å². The van der Waals surface area contributed by atoms with Gasteiger partial charge in [0.2, 0.25) is 12.7 Å². The second-order valence-corrected chi connectivity index (χ2v) is 4.15. The Bertz CT molecular complexity index is 683. The molecule has 0 atom stereocenters. The third-order valence-electron chi connectivity index (χ3n) is 2.98. The SMILES string of the molecule is COc1ncc(-c2ccc3c(c2)OCO3)cc1C(=O)O. The molecule has 0 fully saturated rings. The van der Waals surface area contributed by atoms with Crippen LogP contribution in [0.5, 0.6) is 17.4 Å². The lowest BCUT2D eigenvalue weighted by Crippen LogP contribution is -2.02. The molecular weight excluding hydrogens is 262 g/mol. The number of nitrogens with zero attached hydrogens (tertiary/aromatic N) is 1. The highest BCUT2D eigenvalue weighted by molar-refractivity contribution is 5.91. The molecule has 0 saturated carbocycles. The fraction of sp³-hybridized carbons (Fsp3) is 0.143. The first-order valence-corrected chi connectivity index (χ1v) is 5.86. The van der Waals surface area contributed by atoms with Gasteiger partial charge < -0.3 is 19.3 Å². The van der Waals surface area contributed by atoms with E-state index in [-0.39, 0.29) is 18.2 Å². The van der Waals surface area contributed by atoms with E-state index in [2.05, 4.69) is 4.98 Å². The van der Waals surface area contributed by atoms with E-state index in [1.54, 1.807) is 18.3 Å². The van der Waals surface area contributed by atoms with E-state index >= 15 is 0 Å². The number of hydrogen-bond donors (Lipinski definition) is 1. The highest BCUT2D eigenvalue weighted by Crippen LogP contribution is 2.36. The van der Waals surface area contributed by atoms with Crippen LogP contribution in [0.1, 0.15) is 10.4 Å². The smallest absolute Gasteiger partial charge is 0.341 e. The first-order valence-electron chi connectivity index (χ1n) is 5.86. The lowest BCUT2D eigenvalue weighted by atomic mass is 10.1. The van der Waals surface area contributed by atoms with Gasteiger partial charge in [0.25, 0.3) is 0 Å². The molecule has 0 amide bonds. The number of carbonyl (C=O) groups is 1. The van der Waals surface area contributed by atoms with E-state index in [9.17, 15) is 4.79 Å². The molecule has 0 radical (unpaired) electrons. The van der Waals surface area contributed by atoms with Gasteiger partial charge in [0, 0.05) is 11.8 Å². The Morgan fingerprint density at radius 1 is 1.25 bits per heavy atom. The number of rotatable bonds is 3. The average molecular weight is 273 g/mol. The van der Waals surface area contributed by atoms with E-state index in [4.69, 9.17) is 19.3 Å². The summed E-state index contributed by atoms with van der Waals surface area (Å²) in [5.74, 6) is 0.308. The molecule has 0 saturated heterocycles. The van der Waals surface area contributed by atoms with Gasteiger partial charge in [-0.1, -0.05) is 6.07 Å². The van der Waals surface area contributed by atoms with Gasteiger partial charge in [0.1, 0.15) is 5.56 Å². The van der Waals surface area contributed by atoms with Crippen LogP contribution in [0.2, 0.25) is 0 Å². The minimum Gasteiger partial charge on any atom is -0.480 e. The maximum atomic E-state index is 11.2. The van der Waals surface area contributed by atoms with Gasteiger partial charge >= 0.3 is 5.97 Å². The molecule has 1 aromatic heterocycles. The molecule has 20 heavy (non-hydrogen) atoms. The molecule has 0 aliphatic carbocycles. The van der Waals surface area contributed by atoms with Gasteiger partial charge in [-0.05, 0) is 23.8 Å². The van der Waals surface area contributed by atoms with Gasteiger partial charge in [0.05, 0.1) is 7.11 Å². The fourth-order valence-corrected chi connectivity index (χ4v) is 2.00. The Morgan fingerprint density at radius 2 is 2.05 bits per heavy atom. The molecule has 3 rings (SSSR count). The van der Waals surface area contributed by atoms with Crippen molar-refractivity contribution in [2.45, 2.75) is 0 Å². The van der Waals surface area contributed by atoms with Crippen molar-refractivity contribution in [3.05, 3.63) is 36.0 Å². The Balaban J connectivity index is 2.06. The number of aromatic carboxylic acids is 1. The number of hydrogen-bond acceptors (Lipinski definition) is 5. The van der Waals surface area contributed by atoms with Gasteiger partial charge in [-0.3, -0.25) is 0 Å². The van der Waals surface area contributed by atoms with Crippen LogP contribution in [0.25, 0.3) is 11.1 Å². The average Bonchev–Trinajstić information content (AvgIpc) is 2.93. The molecule has 2 aromatic rings. The number of ether oxygens (including phenoxy) is 3. The predicted octanol–water partition coefficient (Wildman–Crippen LogP) is 2.18. The van der Waals surface area contributed by atoms with Crippen molar-refractivity contribution in [2.24, 2.45) is 0 Å². The molecule has 0 unspecified atom stereocenters. The maximum absolute atomic E-state index is 11.2. The van der Waals surface area contributed by atoms with Crippen molar-refractivity contribution >= 4 is 5.97 Å². The largest absolute Gasteiger partial charge is 0.480 e. The Labute approximate surface area is 114 Å². The number of methoxy groups -OCH3 is 1. The third kappa shape index (κ3) is 2.01. The molecular formula is C14H11NO5. The van der Waals surface area contributed by atoms with Gasteiger partial charge in [0.15, 0.2) is 11.5 Å². The van der Waals surface area contributed by atoms with Gasteiger partial charge in [-0.25, -0.2) is 9.78 Å². The van der Waals surface area contributed by atoms with Gasteiger partial charge in [-0.2, -0.15) is 0 Å². The zero-order chi connectivity index (χ0) is 14.1. The summed E-state index contributed by atoms with van der Waals surface area (Å²) < 4.78 is 15.5. The quantitative estimate of drug-likeness (QED) is 0.923. The van der Waals surface area contributed by atoms with Gasteiger partial charge in [-0.15, -0.1) is 0 Å². The second kappa shape index (κ2) is 4.73. The summed E-state index contributed by atoms with van der Waals surface area (Å²) in [7, 11) is 1.38. The Kier molecular flexibility index (Phi) is 2.90. The number of pyridine rings is 1. The minimum atomic E-state index is -1.09. The maximum Gasteiger partial charge on any atom is 0.341 e. The Morgan fingerprint density at radius 3 is 2.80 bits per heavy atom. The van der Waals surface area contributed by atoms with Crippen molar-refractivity contribution in [3.8, 4) is 28.5 Å². The molecule has 1 aromatic carbocycles. The van der Waals surface area contributed by atoms with Crippen LogP contribution >= 0.6 is 0 Å². The summed E-state index contributed by atoms with van der Waals surface area (Å²) >= 11 is 0. The number of carboxylic acid groups (broad SMARTS) is 1. The lowest BCUT2D eigenvalue weighted by Gasteiger charge is -2.07. The van der Waals surface area contributed by atoms with Crippen LogP contribution in [-0.4, -0.2) is 30.0 Å². The molecule has 6 heteroatoms. The molecule has 102 valence electrons. The van der Waals surface area contributed by atoms with Crippen LogP contribution in [0.4, 0.5) is 0 Å². The third-order valence-corrected chi connectivity index (χ3v) is 2.98. The molecule has 0 spiro atoms. The Hall–Kier alpha value is -2.76. The van der Waals surface area contributed by atoms with Crippen molar-refractivity contribution < 1.29 is 24.1 Å². The predicted molar refractivity (Wildman–Crippen MR) is 69.3 cm³/mol. The summed E-state index contributed by atoms with van der Waals surface area (Å²) in [5.41, 5.74) is 1.48. The summed E-state index contributed by atoms with van der Waals surface area (Å²) in [5, 5.41) is 9.16. The van der Waals surface area contributed by atoms with Crippen LogP contribution < -0.4 is 14.2 Å². The summed E-state index contributed by atoms with van der Waals surface area (Å²) in [6.07, 6.45) is 1.56. The highest BCUT2D eigenvalue weighted by atomic mass is 16.7. The number of aromatic nitrogens is 1. The zero-order valence-electron chi connectivity index (χ0n) is 10.6. The van der Waals surface area contributed by atoms with E-state index in [0.29, 0.717) is 17.1 Å². The van der Waals surface area contributed by atoms with Crippen LogP contribution in [0, 0.1) is 0 Å². The first kappa shape index (κ1) is 12.3. The highest BCUT2D eigenvalue weighted by Gasteiger charge is 2.17. The topological polar surface area (TPSA) is 77.9 Å². The molecule has 1 aliphatic rings. The van der Waals surface area contributed by atoms with Crippen molar-refractivity contribution in [2.75, 3.05) is 13.9 Å². The van der Waals surface area contributed by atoms with Crippen molar-refractivity contribution in [3.63, 3.8) is 0 Å². The fourth-order valence-electron chi connectivity index (χ4n) is 2.00. The van der Waals surface area contributed by atoms with E-state index in [1.165, 1.54) is 13.2 Å². The summed E-state index contributed by atoms with van der Waals surface area (Å²) in [6.45, 7) is 0.194. The minimum absolute atomic E-state index is 0.0164. The van der Waals surface area contributed by atoms with Crippen LogP contribution in [0.3, 0.4) is 0 Å². The zero-order valence-corrected chi connectivity index (χ0v) is 10.6.